The van der Waals surface area contributed by atoms with E-state index >= 15 is 0 Å². The maximum absolute atomic E-state index is 12.5. The Morgan fingerprint density at radius 2 is 2.00 bits per heavy atom. The standard InChI is InChI=1S/C22H18ClN3O2S2/c1-14-6-8-15(9-7-14)18-12-29-20(25-18)10-22-26(21(28)13-30-22)11-19(27)24-17-5-3-2-4-16(17)23/h2-10,12H,11,13H2,1H3,(H,24,27). The third kappa shape index (κ3) is 4.75. The molecule has 2 aromatic carbocycles. The number of halogens is 1. The van der Waals surface area contributed by atoms with Crippen molar-refractivity contribution in [3.05, 3.63) is 74.5 Å². The average Bonchev–Trinajstić information content (AvgIpc) is 3.33. The Labute approximate surface area is 187 Å². The van der Waals surface area contributed by atoms with Crippen LogP contribution in [0.15, 0.2) is 58.9 Å². The fourth-order valence-corrected chi connectivity index (χ4v) is 4.87. The minimum Gasteiger partial charge on any atom is -0.323 e. The first-order chi connectivity index (χ1) is 14.5. The predicted octanol–water partition coefficient (Wildman–Crippen LogP) is 5.28. The van der Waals surface area contributed by atoms with Crippen LogP contribution in [0.3, 0.4) is 0 Å². The first kappa shape index (κ1) is 20.7. The summed E-state index contributed by atoms with van der Waals surface area (Å²) in [5, 5.41) is 6.72. The summed E-state index contributed by atoms with van der Waals surface area (Å²) in [5.41, 5.74) is 3.66. The number of hydrogen-bond acceptors (Lipinski definition) is 5. The summed E-state index contributed by atoms with van der Waals surface area (Å²) in [7, 11) is 0. The lowest BCUT2D eigenvalue weighted by atomic mass is 10.1. The second-order valence-electron chi connectivity index (χ2n) is 6.72. The van der Waals surface area contributed by atoms with Crippen LogP contribution in [0.4, 0.5) is 5.69 Å². The van der Waals surface area contributed by atoms with Crippen molar-refractivity contribution in [1.82, 2.24) is 9.88 Å². The van der Waals surface area contributed by atoms with E-state index in [9.17, 15) is 9.59 Å². The molecule has 0 aliphatic carbocycles. The van der Waals surface area contributed by atoms with E-state index in [-0.39, 0.29) is 18.4 Å². The predicted molar refractivity (Wildman–Crippen MR) is 125 cm³/mol. The number of para-hydroxylation sites is 1. The zero-order chi connectivity index (χ0) is 21.1. The van der Waals surface area contributed by atoms with Crippen LogP contribution in [0, 0.1) is 6.92 Å². The highest BCUT2D eigenvalue weighted by molar-refractivity contribution is 8.04. The number of benzene rings is 2. The van der Waals surface area contributed by atoms with Gasteiger partial charge in [-0.3, -0.25) is 14.5 Å². The normalized spacial score (nSPS) is 15.1. The topological polar surface area (TPSA) is 62.3 Å². The third-order valence-corrected chi connectivity index (χ3v) is 6.62. The van der Waals surface area contributed by atoms with Crippen LogP contribution in [-0.2, 0) is 9.59 Å². The molecule has 0 saturated carbocycles. The molecule has 0 atom stereocenters. The molecular weight excluding hydrogens is 438 g/mol. The number of carbonyl (C=O) groups is 2. The van der Waals surface area contributed by atoms with Crippen LogP contribution in [0.2, 0.25) is 5.02 Å². The Kier molecular flexibility index (Phi) is 6.22. The minimum absolute atomic E-state index is 0.0704. The summed E-state index contributed by atoms with van der Waals surface area (Å²) in [4.78, 5) is 31.0. The molecule has 30 heavy (non-hydrogen) atoms. The largest absolute Gasteiger partial charge is 0.323 e. The molecule has 2 heterocycles. The van der Waals surface area contributed by atoms with Crippen molar-refractivity contribution < 1.29 is 9.59 Å². The molecule has 2 amide bonds. The van der Waals surface area contributed by atoms with Gasteiger partial charge in [0, 0.05) is 17.0 Å². The molecule has 8 heteroatoms. The number of amides is 2. The van der Waals surface area contributed by atoms with E-state index in [0.29, 0.717) is 16.5 Å². The van der Waals surface area contributed by atoms with Crippen molar-refractivity contribution in [2.45, 2.75) is 6.92 Å². The molecule has 1 N–H and O–H groups in total. The van der Waals surface area contributed by atoms with E-state index in [2.05, 4.69) is 22.4 Å². The number of hydrogen-bond donors (Lipinski definition) is 1. The van der Waals surface area contributed by atoms with E-state index in [1.54, 1.807) is 24.3 Å². The van der Waals surface area contributed by atoms with Gasteiger partial charge in [-0.25, -0.2) is 4.98 Å². The molecule has 1 aromatic heterocycles. The fraction of sp³-hybridized carbons (Fsp3) is 0.136. The summed E-state index contributed by atoms with van der Waals surface area (Å²) in [6.07, 6.45) is 1.86. The summed E-state index contributed by atoms with van der Waals surface area (Å²) in [5.74, 6) is -0.0956. The minimum atomic E-state index is -0.302. The molecule has 5 nitrogen and oxygen atoms in total. The molecule has 4 rings (SSSR count). The van der Waals surface area contributed by atoms with Crippen LogP contribution in [0.25, 0.3) is 17.3 Å². The number of nitrogens with zero attached hydrogens (tertiary/aromatic N) is 2. The molecule has 0 spiro atoms. The van der Waals surface area contributed by atoms with Crippen LogP contribution in [-0.4, -0.2) is 34.0 Å². The highest BCUT2D eigenvalue weighted by Gasteiger charge is 2.29. The number of thioether (sulfide) groups is 1. The lowest BCUT2D eigenvalue weighted by molar-refractivity contribution is -0.129. The van der Waals surface area contributed by atoms with Crippen molar-refractivity contribution in [3.8, 4) is 11.3 Å². The Hall–Kier alpha value is -2.61. The van der Waals surface area contributed by atoms with E-state index < -0.39 is 0 Å². The molecule has 0 unspecified atom stereocenters. The first-order valence-corrected chi connectivity index (χ1v) is 11.5. The Bertz CT molecular complexity index is 1130. The maximum Gasteiger partial charge on any atom is 0.244 e. The molecular formula is C22H18ClN3O2S2. The number of carbonyl (C=O) groups excluding carboxylic acids is 2. The van der Waals surface area contributed by atoms with Crippen molar-refractivity contribution in [2.75, 3.05) is 17.6 Å². The quantitative estimate of drug-likeness (QED) is 0.568. The molecule has 0 radical (unpaired) electrons. The first-order valence-electron chi connectivity index (χ1n) is 9.21. The zero-order valence-electron chi connectivity index (χ0n) is 16.1. The van der Waals surface area contributed by atoms with Gasteiger partial charge in [-0.05, 0) is 19.1 Å². The van der Waals surface area contributed by atoms with Crippen molar-refractivity contribution in [1.29, 1.82) is 0 Å². The van der Waals surface area contributed by atoms with Crippen molar-refractivity contribution in [3.63, 3.8) is 0 Å². The molecule has 1 saturated heterocycles. The van der Waals surface area contributed by atoms with Crippen molar-refractivity contribution >= 4 is 58.3 Å². The van der Waals surface area contributed by atoms with E-state index in [0.717, 1.165) is 21.3 Å². The van der Waals surface area contributed by atoms with Crippen LogP contribution >= 0.6 is 34.7 Å². The summed E-state index contributed by atoms with van der Waals surface area (Å²) >= 11 is 9.01. The van der Waals surface area contributed by atoms with Gasteiger partial charge in [-0.1, -0.05) is 65.3 Å². The van der Waals surface area contributed by atoms with Gasteiger partial charge in [0.05, 0.1) is 27.2 Å². The SMILES string of the molecule is Cc1ccc(-c2csc(C=C3SCC(=O)N3CC(=O)Nc3ccccc3Cl)n2)cc1. The molecule has 1 aliphatic rings. The number of aryl methyl sites for hydroxylation is 1. The number of nitrogens with one attached hydrogen (secondary N) is 1. The van der Waals surface area contributed by atoms with Gasteiger partial charge < -0.3 is 5.32 Å². The van der Waals surface area contributed by atoms with Crippen molar-refractivity contribution in [2.24, 2.45) is 0 Å². The third-order valence-electron chi connectivity index (χ3n) is 4.48. The average molecular weight is 456 g/mol. The molecule has 3 aromatic rings. The smallest absolute Gasteiger partial charge is 0.244 e. The van der Waals surface area contributed by atoms with E-state index in [1.807, 2.05) is 30.5 Å². The van der Waals surface area contributed by atoms with Gasteiger partial charge >= 0.3 is 0 Å². The number of rotatable bonds is 5. The number of anilines is 1. The highest BCUT2D eigenvalue weighted by Crippen LogP contribution is 2.32. The molecule has 1 fully saturated rings. The molecule has 1 aliphatic heterocycles. The second-order valence-corrected chi connectivity index (χ2v) is 9.01. The number of aromatic nitrogens is 1. The Balaban J connectivity index is 1.49. The summed E-state index contributed by atoms with van der Waals surface area (Å²) in [6, 6.07) is 15.2. The lowest BCUT2D eigenvalue weighted by Crippen LogP contribution is -2.33. The fourth-order valence-electron chi connectivity index (χ4n) is 2.91. The Morgan fingerprint density at radius 1 is 1.23 bits per heavy atom. The highest BCUT2D eigenvalue weighted by atomic mass is 35.5. The summed E-state index contributed by atoms with van der Waals surface area (Å²) in [6.45, 7) is 1.98. The van der Waals surface area contributed by atoms with Gasteiger partial charge in [-0.2, -0.15) is 0 Å². The van der Waals surface area contributed by atoms with Crippen LogP contribution < -0.4 is 5.32 Å². The van der Waals surface area contributed by atoms with Crippen LogP contribution in [0.1, 0.15) is 10.6 Å². The van der Waals surface area contributed by atoms with Gasteiger partial charge in [0.2, 0.25) is 11.8 Å². The zero-order valence-corrected chi connectivity index (χ0v) is 18.5. The van der Waals surface area contributed by atoms with E-state index in [4.69, 9.17) is 11.6 Å². The van der Waals surface area contributed by atoms with Gasteiger partial charge in [0.15, 0.2) is 0 Å². The number of thiazole rings is 1. The van der Waals surface area contributed by atoms with Gasteiger partial charge in [-0.15, -0.1) is 11.3 Å². The van der Waals surface area contributed by atoms with Gasteiger partial charge in [0.1, 0.15) is 11.6 Å². The monoisotopic (exact) mass is 455 g/mol. The molecule has 0 bridgehead atoms. The summed E-state index contributed by atoms with van der Waals surface area (Å²) < 4.78 is 0. The Morgan fingerprint density at radius 3 is 2.77 bits per heavy atom. The van der Waals surface area contributed by atoms with E-state index in [1.165, 1.54) is 33.6 Å². The molecule has 152 valence electrons. The maximum atomic E-state index is 12.5. The van der Waals surface area contributed by atoms with Gasteiger partial charge in [0.25, 0.3) is 0 Å². The second kappa shape index (κ2) is 9.04. The lowest BCUT2D eigenvalue weighted by Gasteiger charge is -2.16. The van der Waals surface area contributed by atoms with Crippen LogP contribution in [0.5, 0.6) is 0 Å².